The molecule has 0 radical (unpaired) electrons. The fraction of sp³-hybridized carbons (Fsp3) is 0.0227. The highest BCUT2D eigenvalue weighted by molar-refractivity contribution is 6.16. The molecule has 230 valence electrons. The van der Waals surface area contributed by atoms with Crippen LogP contribution in [-0.2, 0) is 6.54 Å². The number of carbonyl (C=O) groups is 1. The minimum absolute atomic E-state index is 0.0271. The maximum Gasteiger partial charge on any atom is 0.261 e. The molecule has 0 fully saturated rings. The van der Waals surface area contributed by atoms with E-state index in [0.717, 1.165) is 72.3 Å². The Bertz CT molecular complexity index is 2620. The Balaban J connectivity index is 1.21. The van der Waals surface area contributed by atoms with E-state index in [4.69, 9.17) is 0 Å². The number of pyridine rings is 1. The Labute approximate surface area is 283 Å². The van der Waals surface area contributed by atoms with E-state index >= 15 is 0 Å². The third kappa shape index (κ3) is 4.70. The van der Waals surface area contributed by atoms with E-state index in [2.05, 4.69) is 94.5 Å². The van der Waals surface area contributed by atoms with Crippen LogP contribution in [0.15, 0.2) is 158 Å². The van der Waals surface area contributed by atoms with Crippen LogP contribution in [0.25, 0.3) is 61.0 Å². The molecule has 8 aromatic rings. The van der Waals surface area contributed by atoms with Gasteiger partial charge in [0.1, 0.15) is 11.8 Å². The molecule has 1 amide bonds. The third-order valence-electron chi connectivity index (χ3n) is 9.47. The number of aromatic nitrogens is 2. The number of nitriles is 1. The first-order valence-electron chi connectivity index (χ1n) is 16.3. The Morgan fingerprint density at radius 3 is 2.10 bits per heavy atom. The molecule has 5 heteroatoms. The van der Waals surface area contributed by atoms with Gasteiger partial charge in [0.25, 0.3) is 5.91 Å². The number of nitrogens with zero attached hydrogens (tertiary/aromatic N) is 4. The van der Waals surface area contributed by atoms with Crippen molar-refractivity contribution in [2.45, 2.75) is 6.54 Å². The van der Waals surface area contributed by atoms with Crippen molar-refractivity contribution in [1.29, 1.82) is 5.26 Å². The minimum atomic E-state index is -0.0271. The van der Waals surface area contributed by atoms with Gasteiger partial charge in [0, 0.05) is 21.9 Å². The Morgan fingerprint density at radius 1 is 0.571 bits per heavy atom. The molecule has 0 unspecified atom stereocenters. The van der Waals surface area contributed by atoms with Crippen LogP contribution < -0.4 is 4.90 Å². The second kappa shape index (κ2) is 11.5. The molecule has 5 nitrogen and oxygen atoms in total. The van der Waals surface area contributed by atoms with Crippen LogP contribution in [0, 0.1) is 11.3 Å². The van der Waals surface area contributed by atoms with Crippen molar-refractivity contribution in [1.82, 2.24) is 9.55 Å². The maximum absolute atomic E-state index is 14.8. The molecule has 1 aliphatic heterocycles. The molecule has 0 bridgehead atoms. The molecule has 0 N–H and O–H groups in total. The largest absolute Gasteiger partial charge is 0.308 e. The molecular weight excluding hydrogens is 601 g/mol. The Hall–Kier alpha value is -6.77. The SMILES string of the molecule is N#Cc1cccc(-c2ccc3c4ccccc4n(-c4cccc5c4C(=O)N(c4ccc(-c6ccccc6)cc4-c4ccccc4)C5)c3c2)n1. The van der Waals surface area contributed by atoms with Crippen molar-refractivity contribution in [3.8, 4) is 45.3 Å². The molecule has 0 saturated carbocycles. The molecular formula is C44H28N4O. The van der Waals surface area contributed by atoms with E-state index in [1.165, 1.54) is 0 Å². The van der Waals surface area contributed by atoms with Gasteiger partial charge in [0.05, 0.1) is 40.2 Å². The van der Waals surface area contributed by atoms with Crippen LogP contribution in [0.3, 0.4) is 0 Å². The van der Waals surface area contributed by atoms with Crippen LogP contribution in [0.1, 0.15) is 21.6 Å². The van der Waals surface area contributed by atoms with Gasteiger partial charge >= 0.3 is 0 Å². The van der Waals surface area contributed by atoms with Gasteiger partial charge < -0.3 is 9.47 Å². The first-order valence-corrected chi connectivity index (χ1v) is 16.3. The van der Waals surface area contributed by atoms with Crippen molar-refractivity contribution in [3.63, 3.8) is 0 Å². The molecule has 2 aromatic heterocycles. The highest BCUT2D eigenvalue weighted by Gasteiger charge is 2.33. The van der Waals surface area contributed by atoms with Crippen LogP contribution in [-0.4, -0.2) is 15.5 Å². The van der Waals surface area contributed by atoms with Gasteiger partial charge in [-0.3, -0.25) is 4.79 Å². The second-order valence-corrected chi connectivity index (χ2v) is 12.3. The highest BCUT2D eigenvalue weighted by Crippen LogP contribution is 2.42. The molecule has 9 rings (SSSR count). The van der Waals surface area contributed by atoms with E-state index in [0.29, 0.717) is 17.8 Å². The van der Waals surface area contributed by atoms with E-state index in [9.17, 15) is 10.1 Å². The maximum atomic E-state index is 14.8. The van der Waals surface area contributed by atoms with Crippen molar-refractivity contribution in [3.05, 3.63) is 175 Å². The number of anilines is 1. The standard InChI is InChI=1S/C44H28N4O/c45-27-34-16-10-18-38(46-34)32-21-23-36-35-17-7-8-19-40(35)48(42(36)26-32)41-20-9-15-33-28-47(44(49)43(33)41)39-24-22-31(29-11-3-1-4-12-29)25-37(39)30-13-5-2-6-14-30/h1-26H,28H2. The zero-order chi connectivity index (χ0) is 32.9. The predicted molar refractivity (Wildman–Crippen MR) is 197 cm³/mol. The Kier molecular flexibility index (Phi) is 6.67. The summed E-state index contributed by atoms with van der Waals surface area (Å²) in [7, 11) is 0. The molecule has 0 spiro atoms. The third-order valence-corrected chi connectivity index (χ3v) is 9.47. The summed E-state index contributed by atoms with van der Waals surface area (Å²) in [4.78, 5) is 21.2. The Morgan fingerprint density at radius 2 is 1.29 bits per heavy atom. The van der Waals surface area contributed by atoms with E-state index in [1.54, 1.807) is 6.07 Å². The topological polar surface area (TPSA) is 61.9 Å². The van der Waals surface area contributed by atoms with Crippen molar-refractivity contribution >= 4 is 33.4 Å². The summed E-state index contributed by atoms with van der Waals surface area (Å²) < 4.78 is 2.21. The minimum Gasteiger partial charge on any atom is -0.308 e. The summed E-state index contributed by atoms with van der Waals surface area (Å²) in [5, 5.41) is 11.7. The molecule has 0 atom stereocenters. The molecule has 0 saturated heterocycles. The summed E-state index contributed by atoms with van der Waals surface area (Å²) in [5.74, 6) is -0.0271. The highest BCUT2D eigenvalue weighted by atomic mass is 16.2. The number of carbonyl (C=O) groups excluding carboxylic acids is 1. The number of hydrogen-bond acceptors (Lipinski definition) is 3. The van der Waals surface area contributed by atoms with E-state index in [-0.39, 0.29) is 5.91 Å². The van der Waals surface area contributed by atoms with Crippen molar-refractivity contribution in [2.75, 3.05) is 4.90 Å². The summed E-state index contributed by atoms with van der Waals surface area (Å²) in [6.07, 6.45) is 0. The van der Waals surface area contributed by atoms with Crippen LogP contribution in [0.4, 0.5) is 5.69 Å². The monoisotopic (exact) mass is 628 g/mol. The van der Waals surface area contributed by atoms with Gasteiger partial charge in [-0.25, -0.2) is 4.98 Å². The van der Waals surface area contributed by atoms with Gasteiger partial charge in [0.15, 0.2) is 0 Å². The average molecular weight is 629 g/mol. The molecule has 0 aliphatic carbocycles. The number of para-hydroxylation sites is 1. The van der Waals surface area contributed by atoms with Crippen LogP contribution >= 0.6 is 0 Å². The predicted octanol–water partition coefficient (Wildman–Crippen LogP) is 10.2. The quantitative estimate of drug-likeness (QED) is 0.191. The second-order valence-electron chi connectivity index (χ2n) is 12.3. The van der Waals surface area contributed by atoms with Gasteiger partial charge in [-0.05, 0) is 64.7 Å². The molecule has 1 aliphatic rings. The zero-order valence-corrected chi connectivity index (χ0v) is 26.4. The first kappa shape index (κ1) is 28.5. The summed E-state index contributed by atoms with van der Waals surface area (Å²) >= 11 is 0. The number of benzene rings is 6. The van der Waals surface area contributed by atoms with E-state index < -0.39 is 0 Å². The van der Waals surface area contributed by atoms with Crippen molar-refractivity contribution in [2.24, 2.45) is 0 Å². The zero-order valence-electron chi connectivity index (χ0n) is 26.4. The van der Waals surface area contributed by atoms with Gasteiger partial charge in [-0.1, -0.05) is 115 Å². The van der Waals surface area contributed by atoms with Crippen molar-refractivity contribution < 1.29 is 4.79 Å². The average Bonchev–Trinajstić information content (AvgIpc) is 3.69. The molecule has 49 heavy (non-hydrogen) atoms. The van der Waals surface area contributed by atoms with Crippen LogP contribution in [0.5, 0.6) is 0 Å². The lowest BCUT2D eigenvalue weighted by Gasteiger charge is -2.21. The smallest absolute Gasteiger partial charge is 0.261 e. The summed E-state index contributed by atoms with van der Waals surface area (Å²) in [5.41, 5.74) is 11.7. The fourth-order valence-electron chi connectivity index (χ4n) is 7.20. The lowest BCUT2D eigenvalue weighted by atomic mass is 9.97. The number of rotatable bonds is 5. The van der Waals surface area contributed by atoms with E-state index in [1.807, 2.05) is 77.7 Å². The molecule has 3 heterocycles. The van der Waals surface area contributed by atoms with Gasteiger partial charge in [0.2, 0.25) is 0 Å². The number of amides is 1. The lowest BCUT2D eigenvalue weighted by molar-refractivity contribution is 0.0997. The first-order chi connectivity index (χ1) is 24.2. The lowest BCUT2D eigenvalue weighted by Crippen LogP contribution is -2.24. The normalized spacial score (nSPS) is 12.4. The van der Waals surface area contributed by atoms with Gasteiger partial charge in [-0.15, -0.1) is 0 Å². The number of fused-ring (bicyclic) bond motifs is 4. The molecule has 6 aromatic carbocycles. The van der Waals surface area contributed by atoms with Crippen LogP contribution in [0.2, 0.25) is 0 Å². The van der Waals surface area contributed by atoms with Gasteiger partial charge in [-0.2, -0.15) is 5.26 Å². The number of hydrogen-bond donors (Lipinski definition) is 0. The fourth-order valence-corrected chi connectivity index (χ4v) is 7.20. The summed E-state index contributed by atoms with van der Waals surface area (Å²) in [6, 6.07) is 55.4. The summed E-state index contributed by atoms with van der Waals surface area (Å²) in [6.45, 7) is 0.472.